The lowest BCUT2D eigenvalue weighted by Crippen LogP contribution is -2.02. The predicted molar refractivity (Wildman–Crippen MR) is 140 cm³/mol. The highest BCUT2D eigenvalue weighted by Crippen LogP contribution is 2.12. The number of hydrogen-bond acceptors (Lipinski definition) is 6. The standard InChI is InChI=1S/C22H20Cl2N8S2/c23-17-7-3-5-15(11-17)13-25-31-19(27-29-21(31)33)9-1-2-10-20-28-30-22(34)32(20)26-14-16-6-4-8-18(24)12-16/h3-8,11-14H,1-2,9-10H2,(H,29,33)(H,30,34). The summed E-state index contributed by atoms with van der Waals surface area (Å²) in [6.45, 7) is 0. The SMILES string of the molecule is S=c1[nH]nc(CCCCc2n[nH]c(=S)n2N=Cc2cccc(Cl)c2)n1N=Cc1cccc(Cl)c1. The second-order valence-electron chi connectivity index (χ2n) is 7.32. The molecule has 0 amide bonds. The van der Waals surface area contributed by atoms with Crippen LogP contribution >= 0.6 is 47.6 Å². The summed E-state index contributed by atoms with van der Waals surface area (Å²) >= 11 is 22.7. The van der Waals surface area contributed by atoms with Gasteiger partial charge in [-0.05, 0) is 72.7 Å². The van der Waals surface area contributed by atoms with Crippen LogP contribution in [0.4, 0.5) is 0 Å². The lowest BCUT2D eigenvalue weighted by Gasteiger charge is -2.03. The maximum absolute atomic E-state index is 6.04. The molecule has 12 heteroatoms. The van der Waals surface area contributed by atoms with Crippen molar-refractivity contribution in [2.75, 3.05) is 0 Å². The number of halogens is 2. The van der Waals surface area contributed by atoms with Gasteiger partial charge in [0.2, 0.25) is 9.54 Å². The highest BCUT2D eigenvalue weighted by Gasteiger charge is 2.08. The third-order valence-corrected chi connectivity index (χ3v) is 5.83. The van der Waals surface area contributed by atoms with Crippen molar-refractivity contribution in [3.63, 3.8) is 0 Å². The summed E-state index contributed by atoms with van der Waals surface area (Å²) in [5.41, 5.74) is 1.75. The molecule has 2 heterocycles. The predicted octanol–water partition coefficient (Wildman–Crippen LogP) is 5.83. The number of nitrogens with one attached hydrogen (secondary N) is 2. The molecule has 4 rings (SSSR count). The maximum atomic E-state index is 6.04. The molecule has 0 aliphatic heterocycles. The van der Waals surface area contributed by atoms with Crippen molar-refractivity contribution in [3.8, 4) is 0 Å². The van der Waals surface area contributed by atoms with E-state index in [-0.39, 0.29) is 0 Å². The van der Waals surface area contributed by atoms with Crippen molar-refractivity contribution in [2.45, 2.75) is 25.7 Å². The summed E-state index contributed by atoms with van der Waals surface area (Å²) in [5.74, 6) is 1.50. The summed E-state index contributed by atoms with van der Waals surface area (Å²) in [5, 5.41) is 24.4. The Kier molecular flexibility index (Phi) is 8.17. The van der Waals surface area contributed by atoms with E-state index in [1.165, 1.54) is 0 Å². The van der Waals surface area contributed by atoms with Crippen LogP contribution in [0.25, 0.3) is 0 Å². The van der Waals surface area contributed by atoms with E-state index < -0.39 is 0 Å². The minimum atomic E-state index is 0.435. The topological polar surface area (TPSA) is 91.9 Å². The van der Waals surface area contributed by atoms with Gasteiger partial charge in [-0.2, -0.15) is 29.8 Å². The number of unbranched alkanes of at least 4 members (excludes halogenated alkanes) is 1. The highest BCUT2D eigenvalue weighted by molar-refractivity contribution is 7.71. The molecule has 2 N–H and O–H groups in total. The lowest BCUT2D eigenvalue weighted by molar-refractivity contribution is 0.643. The van der Waals surface area contributed by atoms with Crippen molar-refractivity contribution in [2.24, 2.45) is 10.2 Å². The molecular weight excluding hydrogens is 511 g/mol. The third kappa shape index (κ3) is 6.35. The second-order valence-corrected chi connectivity index (χ2v) is 8.97. The van der Waals surface area contributed by atoms with Crippen LogP contribution in [0.1, 0.15) is 35.6 Å². The molecule has 2 aromatic heterocycles. The molecule has 0 spiro atoms. The Labute approximate surface area is 216 Å². The lowest BCUT2D eigenvalue weighted by atomic mass is 10.2. The van der Waals surface area contributed by atoms with Crippen LogP contribution in [0.2, 0.25) is 10.0 Å². The first-order valence-corrected chi connectivity index (χ1v) is 12.0. The molecule has 174 valence electrons. The Hall–Kier alpha value is -2.92. The van der Waals surface area contributed by atoms with Crippen LogP contribution in [0.3, 0.4) is 0 Å². The van der Waals surface area contributed by atoms with E-state index in [9.17, 15) is 0 Å². The molecule has 0 radical (unpaired) electrons. The maximum Gasteiger partial charge on any atom is 0.216 e. The average molecular weight is 531 g/mol. The van der Waals surface area contributed by atoms with Crippen LogP contribution in [0.15, 0.2) is 58.7 Å². The summed E-state index contributed by atoms with van der Waals surface area (Å²) in [4.78, 5) is 0. The third-order valence-electron chi connectivity index (χ3n) is 4.83. The number of nitrogens with zero attached hydrogens (tertiary/aromatic N) is 6. The Morgan fingerprint density at radius 3 is 1.62 bits per heavy atom. The number of rotatable bonds is 9. The van der Waals surface area contributed by atoms with E-state index in [1.54, 1.807) is 21.8 Å². The molecule has 0 fully saturated rings. The van der Waals surface area contributed by atoms with Crippen LogP contribution < -0.4 is 0 Å². The minimum Gasteiger partial charge on any atom is -0.250 e. The molecule has 8 nitrogen and oxygen atoms in total. The Bertz CT molecular complexity index is 1340. The van der Waals surface area contributed by atoms with Gasteiger partial charge in [0.15, 0.2) is 11.6 Å². The van der Waals surface area contributed by atoms with E-state index in [4.69, 9.17) is 47.6 Å². The zero-order valence-electron chi connectivity index (χ0n) is 17.9. The summed E-state index contributed by atoms with van der Waals surface area (Å²) in [6.07, 6.45) is 6.49. The van der Waals surface area contributed by atoms with Crippen molar-refractivity contribution in [1.29, 1.82) is 0 Å². The first-order chi connectivity index (χ1) is 16.5. The van der Waals surface area contributed by atoms with Gasteiger partial charge >= 0.3 is 0 Å². The fraction of sp³-hybridized carbons (Fsp3) is 0.182. The number of aromatic nitrogens is 6. The summed E-state index contributed by atoms with van der Waals surface area (Å²) in [7, 11) is 0. The van der Waals surface area contributed by atoms with Crippen LogP contribution in [-0.2, 0) is 12.8 Å². The summed E-state index contributed by atoms with van der Waals surface area (Å²) < 4.78 is 4.12. The molecule has 0 aliphatic rings. The van der Waals surface area contributed by atoms with Gasteiger partial charge in [-0.25, -0.2) is 0 Å². The first-order valence-electron chi connectivity index (χ1n) is 10.4. The van der Waals surface area contributed by atoms with Gasteiger partial charge in [-0.15, -0.1) is 0 Å². The number of H-pyrrole nitrogens is 2. The zero-order chi connectivity index (χ0) is 23.9. The Balaban J connectivity index is 1.37. The van der Waals surface area contributed by atoms with E-state index in [1.807, 2.05) is 48.5 Å². The quantitative estimate of drug-likeness (QED) is 0.162. The molecule has 0 bridgehead atoms. The van der Waals surface area contributed by atoms with Crippen molar-refractivity contribution < 1.29 is 0 Å². The molecule has 0 aliphatic carbocycles. The molecule has 0 unspecified atom stereocenters. The molecule has 0 saturated heterocycles. The van der Waals surface area contributed by atoms with E-state index in [2.05, 4.69) is 30.6 Å². The van der Waals surface area contributed by atoms with Gasteiger partial charge in [-0.3, -0.25) is 10.2 Å². The van der Waals surface area contributed by atoms with E-state index in [0.29, 0.717) is 32.4 Å². The normalized spacial score (nSPS) is 11.7. The minimum absolute atomic E-state index is 0.435. The van der Waals surface area contributed by atoms with Gasteiger partial charge in [-0.1, -0.05) is 47.5 Å². The average Bonchev–Trinajstić information content (AvgIpc) is 3.35. The van der Waals surface area contributed by atoms with E-state index in [0.717, 1.165) is 35.6 Å². The Morgan fingerprint density at radius 2 is 1.21 bits per heavy atom. The van der Waals surface area contributed by atoms with Crippen LogP contribution in [0, 0.1) is 9.54 Å². The summed E-state index contributed by atoms with van der Waals surface area (Å²) in [6, 6.07) is 14.9. The number of aryl methyl sites for hydroxylation is 2. The van der Waals surface area contributed by atoms with Gasteiger partial charge in [0.05, 0.1) is 12.4 Å². The van der Waals surface area contributed by atoms with Gasteiger partial charge < -0.3 is 0 Å². The van der Waals surface area contributed by atoms with Crippen LogP contribution in [0.5, 0.6) is 0 Å². The van der Waals surface area contributed by atoms with Crippen molar-refractivity contribution in [3.05, 3.63) is 90.9 Å². The van der Waals surface area contributed by atoms with Gasteiger partial charge in [0.25, 0.3) is 0 Å². The Morgan fingerprint density at radius 1 is 0.765 bits per heavy atom. The smallest absolute Gasteiger partial charge is 0.216 e. The van der Waals surface area contributed by atoms with Crippen molar-refractivity contribution >= 4 is 60.1 Å². The largest absolute Gasteiger partial charge is 0.250 e. The first kappa shape index (κ1) is 24.2. The van der Waals surface area contributed by atoms with Gasteiger partial charge in [0, 0.05) is 22.9 Å². The second kappa shape index (κ2) is 11.5. The van der Waals surface area contributed by atoms with Crippen LogP contribution in [-0.4, -0.2) is 42.2 Å². The molecule has 2 aromatic carbocycles. The van der Waals surface area contributed by atoms with Gasteiger partial charge in [0.1, 0.15) is 0 Å². The molecular formula is C22H20Cl2N8S2. The zero-order valence-corrected chi connectivity index (χ0v) is 21.0. The molecule has 34 heavy (non-hydrogen) atoms. The van der Waals surface area contributed by atoms with E-state index >= 15 is 0 Å². The number of benzene rings is 2. The monoisotopic (exact) mass is 530 g/mol. The highest BCUT2D eigenvalue weighted by atomic mass is 35.5. The molecule has 0 saturated carbocycles. The number of hydrogen-bond donors (Lipinski definition) is 2. The fourth-order valence-electron chi connectivity index (χ4n) is 3.20. The van der Waals surface area contributed by atoms with Crippen molar-refractivity contribution in [1.82, 2.24) is 29.7 Å². The molecule has 4 aromatic rings. The fourth-order valence-corrected chi connectivity index (χ4v) is 3.99. The number of aromatic amines is 2. The molecule has 0 atom stereocenters.